The Morgan fingerprint density at radius 2 is 1.57 bits per heavy atom. The normalized spacial score (nSPS) is 15.5. The molecule has 0 spiro atoms. The van der Waals surface area contributed by atoms with Crippen molar-refractivity contribution in [1.82, 2.24) is 10.2 Å². The van der Waals surface area contributed by atoms with E-state index in [9.17, 15) is 0 Å². The van der Waals surface area contributed by atoms with Crippen molar-refractivity contribution in [2.45, 2.75) is 25.9 Å². The van der Waals surface area contributed by atoms with Crippen LogP contribution in [-0.2, 0) is 25.9 Å². The summed E-state index contributed by atoms with van der Waals surface area (Å²) in [7, 11) is 2.00. The van der Waals surface area contributed by atoms with E-state index in [1.807, 2.05) is 7.05 Å². The summed E-state index contributed by atoms with van der Waals surface area (Å²) in [5.41, 5.74) is 5.86. The number of fused-ring (bicyclic) bond motifs is 1. The second-order valence-electron chi connectivity index (χ2n) is 5.90. The lowest BCUT2D eigenvalue weighted by molar-refractivity contribution is 0.279. The van der Waals surface area contributed by atoms with Gasteiger partial charge in [-0.25, -0.2) is 0 Å². The van der Waals surface area contributed by atoms with E-state index in [2.05, 4.69) is 58.7 Å². The third-order valence-corrected chi connectivity index (χ3v) is 4.29. The van der Waals surface area contributed by atoms with Gasteiger partial charge in [0.1, 0.15) is 0 Å². The zero-order chi connectivity index (χ0) is 14.5. The van der Waals surface area contributed by atoms with Crippen molar-refractivity contribution in [1.29, 1.82) is 0 Å². The molecule has 0 aliphatic carbocycles. The molecule has 2 nitrogen and oxygen atoms in total. The molecule has 3 rings (SSSR count). The van der Waals surface area contributed by atoms with Crippen LogP contribution in [0.5, 0.6) is 0 Å². The molecule has 0 unspecified atom stereocenters. The molecule has 21 heavy (non-hydrogen) atoms. The van der Waals surface area contributed by atoms with Crippen LogP contribution >= 0.6 is 0 Å². The van der Waals surface area contributed by atoms with E-state index in [4.69, 9.17) is 0 Å². The molecule has 0 bridgehead atoms. The minimum Gasteiger partial charge on any atom is -0.316 e. The fraction of sp³-hybridized carbons (Fsp3) is 0.368. The molecule has 1 aliphatic heterocycles. The minimum absolute atomic E-state index is 0.944. The average Bonchev–Trinajstić information content (AvgIpc) is 2.71. The van der Waals surface area contributed by atoms with Crippen LogP contribution in [0.1, 0.15) is 22.3 Å². The molecule has 2 heteroatoms. The maximum absolute atomic E-state index is 3.22. The molecule has 2 aromatic rings. The topological polar surface area (TPSA) is 15.3 Å². The molecule has 1 N–H and O–H groups in total. The summed E-state index contributed by atoms with van der Waals surface area (Å²) in [4.78, 5) is 2.58. The van der Waals surface area contributed by atoms with E-state index in [-0.39, 0.29) is 0 Å². The predicted octanol–water partition coefficient (Wildman–Crippen LogP) is 3.01. The molecular formula is C19H24N2. The Labute approximate surface area is 127 Å². The van der Waals surface area contributed by atoms with Crippen LogP contribution in [0.4, 0.5) is 0 Å². The van der Waals surface area contributed by atoms with Gasteiger partial charge >= 0.3 is 0 Å². The molecular weight excluding hydrogens is 256 g/mol. The summed E-state index contributed by atoms with van der Waals surface area (Å²) in [6.07, 6.45) is 2.35. The largest absolute Gasteiger partial charge is 0.316 e. The Balaban J connectivity index is 1.65. The standard InChI is InChI=1S/C19H24N2/c1-20-14-16-5-4-6-17(13-16)15-21-11-9-18-7-2-3-8-19(18)10-12-21/h2-8,13,20H,9-12,14-15H2,1H3. The summed E-state index contributed by atoms with van der Waals surface area (Å²) in [5.74, 6) is 0. The molecule has 0 fully saturated rings. The van der Waals surface area contributed by atoms with Gasteiger partial charge in [-0.3, -0.25) is 4.90 Å². The highest BCUT2D eigenvalue weighted by Crippen LogP contribution is 2.17. The number of rotatable bonds is 4. The number of benzene rings is 2. The van der Waals surface area contributed by atoms with E-state index in [1.54, 1.807) is 0 Å². The van der Waals surface area contributed by atoms with Gasteiger partial charge in [0.2, 0.25) is 0 Å². The van der Waals surface area contributed by atoms with Gasteiger partial charge in [0.25, 0.3) is 0 Å². The van der Waals surface area contributed by atoms with Crippen molar-refractivity contribution in [3.63, 3.8) is 0 Å². The van der Waals surface area contributed by atoms with Crippen molar-refractivity contribution in [2.24, 2.45) is 0 Å². The number of nitrogens with zero attached hydrogens (tertiary/aromatic N) is 1. The lowest BCUT2D eigenvalue weighted by atomic mass is 10.0. The van der Waals surface area contributed by atoms with E-state index in [0.717, 1.165) is 26.2 Å². The lowest BCUT2D eigenvalue weighted by Crippen LogP contribution is -2.26. The second kappa shape index (κ2) is 6.88. The van der Waals surface area contributed by atoms with Gasteiger partial charge in [0.15, 0.2) is 0 Å². The Morgan fingerprint density at radius 1 is 0.905 bits per heavy atom. The Morgan fingerprint density at radius 3 is 2.24 bits per heavy atom. The SMILES string of the molecule is CNCc1cccc(CN2CCc3ccccc3CC2)c1. The highest BCUT2D eigenvalue weighted by Gasteiger charge is 2.13. The summed E-state index contributed by atoms with van der Waals surface area (Å²) in [6, 6.07) is 17.8. The molecule has 0 radical (unpaired) electrons. The van der Waals surface area contributed by atoms with E-state index in [1.165, 1.54) is 35.1 Å². The van der Waals surface area contributed by atoms with Crippen LogP contribution in [0.2, 0.25) is 0 Å². The molecule has 1 aliphatic rings. The molecule has 0 amide bonds. The Kier molecular flexibility index (Phi) is 4.69. The van der Waals surface area contributed by atoms with E-state index >= 15 is 0 Å². The number of hydrogen-bond acceptors (Lipinski definition) is 2. The third kappa shape index (κ3) is 3.72. The molecule has 2 aromatic carbocycles. The summed E-state index contributed by atoms with van der Waals surface area (Å²) >= 11 is 0. The van der Waals surface area contributed by atoms with Gasteiger partial charge in [0, 0.05) is 26.2 Å². The van der Waals surface area contributed by atoms with Gasteiger partial charge in [0.05, 0.1) is 0 Å². The predicted molar refractivity (Wildman–Crippen MR) is 88.3 cm³/mol. The summed E-state index contributed by atoms with van der Waals surface area (Å²) in [6.45, 7) is 4.32. The molecule has 110 valence electrons. The Hall–Kier alpha value is -1.64. The van der Waals surface area contributed by atoms with Crippen LogP contribution in [0.15, 0.2) is 48.5 Å². The molecule has 0 saturated heterocycles. The van der Waals surface area contributed by atoms with Crippen molar-refractivity contribution in [2.75, 3.05) is 20.1 Å². The summed E-state index contributed by atoms with van der Waals surface area (Å²) in [5, 5.41) is 3.22. The minimum atomic E-state index is 0.944. The highest BCUT2D eigenvalue weighted by molar-refractivity contribution is 5.29. The number of hydrogen-bond donors (Lipinski definition) is 1. The van der Waals surface area contributed by atoms with Gasteiger partial charge in [-0.15, -0.1) is 0 Å². The first-order chi connectivity index (χ1) is 10.3. The van der Waals surface area contributed by atoms with Crippen molar-refractivity contribution >= 4 is 0 Å². The molecule has 0 aromatic heterocycles. The fourth-order valence-electron chi connectivity index (χ4n) is 3.17. The van der Waals surface area contributed by atoms with Gasteiger partial charge in [-0.2, -0.15) is 0 Å². The molecule has 0 atom stereocenters. The zero-order valence-electron chi connectivity index (χ0n) is 12.8. The second-order valence-corrected chi connectivity index (χ2v) is 5.90. The van der Waals surface area contributed by atoms with Gasteiger partial charge in [-0.1, -0.05) is 48.5 Å². The van der Waals surface area contributed by atoms with Crippen molar-refractivity contribution in [3.05, 3.63) is 70.8 Å². The first-order valence-electron chi connectivity index (χ1n) is 7.87. The fourth-order valence-corrected chi connectivity index (χ4v) is 3.17. The van der Waals surface area contributed by atoms with Crippen molar-refractivity contribution < 1.29 is 0 Å². The first-order valence-corrected chi connectivity index (χ1v) is 7.87. The lowest BCUT2D eigenvalue weighted by Gasteiger charge is -2.20. The maximum atomic E-state index is 3.22. The number of nitrogens with one attached hydrogen (secondary N) is 1. The smallest absolute Gasteiger partial charge is 0.0234 e. The van der Waals surface area contributed by atoms with Crippen LogP contribution in [0.25, 0.3) is 0 Å². The van der Waals surface area contributed by atoms with E-state index in [0.29, 0.717) is 0 Å². The molecule has 0 saturated carbocycles. The van der Waals surface area contributed by atoms with Crippen molar-refractivity contribution in [3.8, 4) is 0 Å². The monoisotopic (exact) mass is 280 g/mol. The first kappa shape index (κ1) is 14.3. The van der Waals surface area contributed by atoms with Gasteiger partial charge in [-0.05, 0) is 42.1 Å². The quantitative estimate of drug-likeness (QED) is 0.926. The van der Waals surface area contributed by atoms with E-state index < -0.39 is 0 Å². The zero-order valence-corrected chi connectivity index (χ0v) is 12.8. The maximum Gasteiger partial charge on any atom is 0.0234 e. The van der Waals surface area contributed by atoms with Crippen LogP contribution in [0.3, 0.4) is 0 Å². The average molecular weight is 280 g/mol. The summed E-state index contributed by atoms with van der Waals surface area (Å²) < 4.78 is 0. The third-order valence-electron chi connectivity index (χ3n) is 4.29. The van der Waals surface area contributed by atoms with Crippen LogP contribution in [0, 0.1) is 0 Å². The van der Waals surface area contributed by atoms with Gasteiger partial charge < -0.3 is 5.32 Å². The van der Waals surface area contributed by atoms with Crippen LogP contribution in [-0.4, -0.2) is 25.0 Å². The van der Waals surface area contributed by atoms with Crippen LogP contribution < -0.4 is 5.32 Å². The molecule has 1 heterocycles. The Bertz CT molecular complexity index is 565. The highest BCUT2D eigenvalue weighted by atomic mass is 15.1.